The topological polar surface area (TPSA) is 50.8 Å². The lowest BCUT2D eigenvalue weighted by atomic mass is 10.1. The second kappa shape index (κ2) is 8.88. The molecule has 1 fully saturated rings. The molecule has 0 atom stereocenters. The molecule has 28 heavy (non-hydrogen) atoms. The monoisotopic (exact) mass is 398 g/mol. The number of nitrogens with one attached hydrogen (secondary N) is 1. The molecule has 0 unspecified atom stereocenters. The lowest BCUT2D eigenvalue weighted by Gasteiger charge is -2.28. The SMILES string of the molecule is CSc1ccccc1NC(=O)CN(Cc1ccc2c(c1)OCO2)C1CCCC1. The Morgan fingerprint density at radius 1 is 1.14 bits per heavy atom. The molecule has 5 nitrogen and oxygen atoms in total. The third-order valence-electron chi connectivity index (χ3n) is 5.39. The van der Waals surface area contributed by atoms with Crippen molar-refractivity contribution >= 4 is 23.4 Å². The van der Waals surface area contributed by atoms with Crippen molar-refractivity contribution in [3.05, 3.63) is 48.0 Å². The lowest BCUT2D eigenvalue weighted by molar-refractivity contribution is -0.118. The second-order valence-electron chi connectivity index (χ2n) is 7.28. The van der Waals surface area contributed by atoms with Crippen LogP contribution in [0.2, 0.25) is 0 Å². The molecular formula is C22H26N2O3S. The van der Waals surface area contributed by atoms with Crippen molar-refractivity contribution in [3.63, 3.8) is 0 Å². The predicted octanol–water partition coefficient (Wildman–Crippen LogP) is 4.52. The van der Waals surface area contributed by atoms with Crippen LogP contribution in [0.3, 0.4) is 0 Å². The van der Waals surface area contributed by atoms with Crippen molar-refractivity contribution in [1.82, 2.24) is 4.90 Å². The lowest BCUT2D eigenvalue weighted by Crippen LogP contribution is -2.39. The average Bonchev–Trinajstić information content (AvgIpc) is 3.39. The summed E-state index contributed by atoms with van der Waals surface area (Å²) >= 11 is 1.64. The molecule has 0 saturated heterocycles. The molecule has 0 radical (unpaired) electrons. The molecule has 2 aromatic rings. The third kappa shape index (κ3) is 4.45. The van der Waals surface area contributed by atoms with Crippen LogP contribution in [0.15, 0.2) is 47.4 Å². The molecule has 2 aromatic carbocycles. The minimum absolute atomic E-state index is 0.0362. The average molecular weight is 399 g/mol. The van der Waals surface area contributed by atoms with Gasteiger partial charge in [-0.1, -0.05) is 31.0 Å². The molecule has 1 aliphatic carbocycles. The first-order valence-electron chi connectivity index (χ1n) is 9.78. The number of fused-ring (bicyclic) bond motifs is 1. The molecule has 1 saturated carbocycles. The van der Waals surface area contributed by atoms with Crippen LogP contribution >= 0.6 is 11.8 Å². The number of benzene rings is 2. The Hall–Kier alpha value is -2.18. The van der Waals surface area contributed by atoms with Gasteiger partial charge in [0, 0.05) is 17.5 Å². The quantitative estimate of drug-likeness (QED) is 0.695. The first-order chi connectivity index (χ1) is 13.7. The van der Waals surface area contributed by atoms with Crippen LogP contribution in [-0.4, -0.2) is 36.4 Å². The molecule has 1 heterocycles. The zero-order valence-corrected chi connectivity index (χ0v) is 17.0. The summed E-state index contributed by atoms with van der Waals surface area (Å²) in [6.07, 6.45) is 6.80. The van der Waals surface area contributed by atoms with E-state index in [-0.39, 0.29) is 12.7 Å². The van der Waals surface area contributed by atoms with Crippen LogP contribution in [0.1, 0.15) is 31.2 Å². The van der Waals surface area contributed by atoms with Crippen LogP contribution in [0.4, 0.5) is 5.69 Å². The number of amides is 1. The molecule has 2 aliphatic rings. The molecule has 0 spiro atoms. The van der Waals surface area contributed by atoms with Gasteiger partial charge < -0.3 is 14.8 Å². The summed E-state index contributed by atoms with van der Waals surface area (Å²) in [4.78, 5) is 16.2. The number of thioether (sulfide) groups is 1. The van der Waals surface area contributed by atoms with Crippen molar-refractivity contribution < 1.29 is 14.3 Å². The van der Waals surface area contributed by atoms with Gasteiger partial charge >= 0.3 is 0 Å². The highest BCUT2D eigenvalue weighted by Crippen LogP contribution is 2.34. The van der Waals surface area contributed by atoms with E-state index in [2.05, 4.69) is 16.3 Å². The Morgan fingerprint density at radius 2 is 1.93 bits per heavy atom. The van der Waals surface area contributed by atoms with Gasteiger partial charge in [0.15, 0.2) is 11.5 Å². The minimum atomic E-state index is 0.0362. The standard InChI is InChI=1S/C22H26N2O3S/c1-28-21-9-5-4-8-18(21)23-22(25)14-24(17-6-2-3-7-17)13-16-10-11-19-20(12-16)27-15-26-19/h4-5,8-12,17H,2-3,6-7,13-15H2,1H3,(H,23,25). The third-order valence-corrected chi connectivity index (χ3v) is 6.19. The van der Waals surface area contributed by atoms with Gasteiger partial charge in [0.25, 0.3) is 0 Å². The minimum Gasteiger partial charge on any atom is -0.454 e. The number of hydrogen-bond acceptors (Lipinski definition) is 5. The van der Waals surface area contributed by atoms with Crippen LogP contribution in [0.5, 0.6) is 11.5 Å². The maximum absolute atomic E-state index is 12.8. The van der Waals surface area contributed by atoms with Crippen molar-refractivity contribution in [1.29, 1.82) is 0 Å². The molecular weight excluding hydrogens is 372 g/mol. The van der Waals surface area contributed by atoms with Crippen molar-refractivity contribution in [2.75, 3.05) is 24.9 Å². The van der Waals surface area contributed by atoms with Crippen molar-refractivity contribution in [2.45, 2.75) is 43.2 Å². The number of hydrogen-bond donors (Lipinski definition) is 1. The summed E-state index contributed by atoms with van der Waals surface area (Å²) in [6.45, 7) is 1.41. The van der Waals surface area contributed by atoms with Gasteiger partial charge in [-0.15, -0.1) is 11.8 Å². The largest absolute Gasteiger partial charge is 0.454 e. The Morgan fingerprint density at radius 3 is 2.75 bits per heavy atom. The fourth-order valence-electron chi connectivity index (χ4n) is 3.98. The molecule has 1 amide bonds. The normalized spacial score (nSPS) is 15.9. The maximum Gasteiger partial charge on any atom is 0.238 e. The van der Waals surface area contributed by atoms with E-state index < -0.39 is 0 Å². The molecule has 1 aliphatic heterocycles. The molecule has 0 bridgehead atoms. The number of nitrogens with zero attached hydrogens (tertiary/aromatic N) is 1. The Kier molecular flexibility index (Phi) is 6.07. The Labute approximate surface area is 170 Å². The van der Waals surface area contributed by atoms with Crippen LogP contribution in [0, 0.1) is 0 Å². The molecule has 6 heteroatoms. The number of rotatable bonds is 7. The van der Waals surface area contributed by atoms with Gasteiger partial charge in [-0.3, -0.25) is 9.69 Å². The van der Waals surface area contributed by atoms with E-state index in [9.17, 15) is 4.79 Å². The summed E-state index contributed by atoms with van der Waals surface area (Å²) in [5.74, 6) is 1.62. The van der Waals surface area contributed by atoms with Gasteiger partial charge in [-0.05, 0) is 48.9 Å². The van der Waals surface area contributed by atoms with Gasteiger partial charge in [-0.25, -0.2) is 0 Å². The summed E-state index contributed by atoms with van der Waals surface area (Å²) in [5.41, 5.74) is 2.03. The highest BCUT2D eigenvalue weighted by atomic mass is 32.2. The van der Waals surface area contributed by atoms with Gasteiger partial charge in [0.05, 0.1) is 12.2 Å². The highest BCUT2D eigenvalue weighted by Gasteiger charge is 2.25. The number of carbonyl (C=O) groups is 1. The van der Waals surface area contributed by atoms with Gasteiger partial charge in [0.2, 0.25) is 12.7 Å². The fourth-order valence-corrected chi connectivity index (χ4v) is 4.53. The molecule has 148 valence electrons. The molecule has 1 N–H and O–H groups in total. The zero-order chi connectivity index (χ0) is 19.3. The highest BCUT2D eigenvalue weighted by molar-refractivity contribution is 7.98. The fraction of sp³-hybridized carbons (Fsp3) is 0.409. The van der Waals surface area contributed by atoms with E-state index in [1.165, 1.54) is 12.8 Å². The summed E-state index contributed by atoms with van der Waals surface area (Å²) in [6, 6.07) is 14.4. The first kappa shape index (κ1) is 19.2. The van der Waals surface area contributed by atoms with E-state index in [1.54, 1.807) is 11.8 Å². The van der Waals surface area contributed by atoms with E-state index in [1.807, 2.05) is 42.7 Å². The maximum atomic E-state index is 12.8. The predicted molar refractivity (Wildman–Crippen MR) is 112 cm³/mol. The van der Waals surface area contributed by atoms with E-state index in [4.69, 9.17) is 9.47 Å². The van der Waals surface area contributed by atoms with Gasteiger partial charge in [-0.2, -0.15) is 0 Å². The van der Waals surface area contributed by atoms with E-state index in [0.717, 1.165) is 47.0 Å². The second-order valence-corrected chi connectivity index (χ2v) is 8.13. The smallest absolute Gasteiger partial charge is 0.238 e. The van der Waals surface area contributed by atoms with Crippen molar-refractivity contribution in [3.8, 4) is 11.5 Å². The van der Waals surface area contributed by atoms with Crippen LogP contribution in [-0.2, 0) is 11.3 Å². The first-order valence-corrected chi connectivity index (χ1v) is 11.0. The molecule has 4 rings (SSSR count). The Balaban J connectivity index is 1.46. The van der Waals surface area contributed by atoms with Crippen LogP contribution < -0.4 is 14.8 Å². The number of para-hydroxylation sites is 1. The van der Waals surface area contributed by atoms with Crippen molar-refractivity contribution in [2.24, 2.45) is 0 Å². The van der Waals surface area contributed by atoms with E-state index in [0.29, 0.717) is 12.6 Å². The summed E-state index contributed by atoms with van der Waals surface area (Å²) < 4.78 is 10.9. The number of ether oxygens (including phenoxy) is 2. The number of anilines is 1. The summed E-state index contributed by atoms with van der Waals surface area (Å²) in [7, 11) is 0. The Bertz CT molecular complexity index is 836. The summed E-state index contributed by atoms with van der Waals surface area (Å²) in [5, 5.41) is 3.10. The number of carbonyl (C=O) groups excluding carboxylic acids is 1. The van der Waals surface area contributed by atoms with E-state index >= 15 is 0 Å². The zero-order valence-electron chi connectivity index (χ0n) is 16.1. The van der Waals surface area contributed by atoms with Gasteiger partial charge in [0.1, 0.15) is 0 Å². The van der Waals surface area contributed by atoms with Crippen LogP contribution in [0.25, 0.3) is 0 Å². The molecule has 0 aromatic heterocycles.